The minimum atomic E-state index is -0.959. The molecule has 7 nitrogen and oxygen atoms in total. The highest BCUT2D eigenvalue weighted by molar-refractivity contribution is 5.87. The van der Waals surface area contributed by atoms with Gasteiger partial charge >= 0.3 is 0 Å². The Kier molecular flexibility index (Phi) is 4.62. The van der Waals surface area contributed by atoms with Gasteiger partial charge in [0.2, 0.25) is 11.8 Å². The maximum atomic E-state index is 10.8. The largest absolute Gasteiger partial charge is 0.475 e. The molecule has 0 aliphatic rings. The highest BCUT2D eigenvalue weighted by Crippen LogP contribution is 2.10. The number of anilines is 1. The molecule has 1 aromatic heterocycles. The minimum Gasteiger partial charge on any atom is -0.475 e. The molecule has 1 heterocycles. The standard InChI is InChI=1S/C9H13N3O4/c1-6(14)12-8-2-9(11-5-10-8)16-4-7(15)3-13/h2,5,7,13,15H,3-4H2,1H3,(H,10,11,12,14). The summed E-state index contributed by atoms with van der Waals surface area (Å²) >= 11 is 0. The van der Waals surface area contributed by atoms with Crippen LogP contribution < -0.4 is 10.1 Å². The van der Waals surface area contributed by atoms with Gasteiger partial charge in [-0.25, -0.2) is 9.97 Å². The lowest BCUT2D eigenvalue weighted by Crippen LogP contribution is -2.21. The van der Waals surface area contributed by atoms with Gasteiger partial charge in [-0.1, -0.05) is 0 Å². The summed E-state index contributed by atoms with van der Waals surface area (Å²) in [6.45, 7) is 0.898. The van der Waals surface area contributed by atoms with Crippen molar-refractivity contribution >= 4 is 11.7 Å². The molecule has 1 amide bonds. The number of ether oxygens (including phenoxy) is 1. The Labute approximate surface area is 92.1 Å². The van der Waals surface area contributed by atoms with Gasteiger partial charge in [0.05, 0.1) is 6.61 Å². The second kappa shape index (κ2) is 5.99. The zero-order valence-electron chi connectivity index (χ0n) is 8.75. The number of nitrogens with zero attached hydrogens (tertiary/aromatic N) is 2. The molecular formula is C9H13N3O4. The van der Waals surface area contributed by atoms with Crippen molar-refractivity contribution in [1.29, 1.82) is 0 Å². The normalized spacial score (nSPS) is 11.9. The molecule has 0 bridgehead atoms. The van der Waals surface area contributed by atoms with Gasteiger partial charge in [0.25, 0.3) is 0 Å². The monoisotopic (exact) mass is 227 g/mol. The van der Waals surface area contributed by atoms with Crippen LogP contribution in [0.25, 0.3) is 0 Å². The minimum absolute atomic E-state index is 0.0764. The average molecular weight is 227 g/mol. The maximum Gasteiger partial charge on any atom is 0.222 e. The molecule has 0 fully saturated rings. The molecule has 1 rings (SSSR count). The molecule has 0 saturated heterocycles. The number of nitrogens with one attached hydrogen (secondary N) is 1. The van der Waals surface area contributed by atoms with E-state index < -0.39 is 6.10 Å². The van der Waals surface area contributed by atoms with E-state index in [0.29, 0.717) is 5.82 Å². The van der Waals surface area contributed by atoms with E-state index in [4.69, 9.17) is 14.9 Å². The highest BCUT2D eigenvalue weighted by Gasteiger charge is 2.05. The molecule has 1 unspecified atom stereocenters. The summed E-state index contributed by atoms with van der Waals surface area (Å²) in [5.41, 5.74) is 0. The molecule has 0 aromatic carbocycles. The molecule has 0 aliphatic heterocycles. The molecule has 0 saturated carbocycles. The van der Waals surface area contributed by atoms with Crippen molar-refractivity contribution in [2.45, 2.75) is 13.0 Å². The topological polar surface area (TPSA) is 105 Å². The molecule has 16 heavy (non-hydrogen) atoms. The predicted octanol–water partition coefficient (Wildman–Crippen LogP) is -0.833. The lowest BCUT2D eigenvalue weighted by molar-refractivity contribution is -0.114. The fraction of sp³-hybridized carbons (Fsp3) is 0.444. The van der Waals surface area contributed by atoms with Crippen LogP contribution in [0.15, 0.2) is 12.4 Å². The first kappa shape index (κ1) is 12.3. The van der Waals surface area contributed by atoms with Gasteiger partial charge in [-0.05, 0) is 0 Å². The van der Waals surface area contributed by atoms with Gasteiger partial charge in [0.1, 0.15) is 24.9 Å². The summed E-state index contributed by atoms with van der Waals surface area (Å²) in [5.74, 6) is 0.280. The lowest BCUT2D eigenvalue weighted by atomic mass is 10.4. The van der Waals surface area contributed by atoms with Gasteiger partial charge in [0.15, 0.2) is 0 Å². The fourth-order valence-corrected chi connectivity index (χ4v) is 0.901. The smallest absolute Gasteiger partial charge is 0.222 e. The van der Waals surface area contributed by atoms with Crippen LogP contribution in [0, 0.1) is 0 Å². The number of hydrogen-bond donors (Lipinski definition) is 3. The number of aliphatic hydroxyl groups is 2. The number of carbonyl (C=O) groups excluding carboxylic acids is 1. The Morgan fingerprint density at radius 1 is 1.62 bits per heavy atom. The van der Waals surface area contributed by atoms with Crippen molar-refractivity contribution < 1.29 is 19.7 Å². The molecule has 0 radical (unpaired) electrons. The highest BCUT2D eigenvalue weighted by atomic mass is 16.5. The quantitative estimate of drug-likeness (QED) is 0.606. The molecule has 1 atom stereocenters. The molecule has 0 aliphatic carbocycles. The molecule has 7 heteroatoms. The summed E-state index contributed by atoms with van der Waals surface area (Å²) in [4.78, 5) is 18.3. The third-order valence-electron chi connectivity index (χ3n) is 1.58. The number of rotatable bonds is 5. The predicted molar refractivity (Wildman–Crippen MR) is 54.9 cm³/mol. The van der Waals surface area contributed by atoms with E-state index in [1.807, 2.05) is 0 Å². The van der Waals surface area contributed by atoms with Crippen molar-refractivity contribution in [3.63, 3.8) is 0 Å². The van der Waals surface area contributed by atoms with Crippen LogP contribution in [0.4, 0.5) is 5.82 Å². The van der Waals surface area contributed by atoms with E-state index in [1.165, 1.54) is 19.3 Å². The van der Waals surface area contributed by atoms with E-state index in [-0.39, 0.29) is 25.0 Å². The third kappa shape index (κ3) is 4.20. The van der Waals surface area contributed by atoms with Gasteiger partial charge in [0, 0.05) is 13.0 Å². The van der Waals surface area contributed by atoms with Gasteiger partial charge in [-0.2, -0.15) is 0 Å². The van der Waals surface area contributed by atoms with Crippen molar-refractivity contribution in [1.82, 2.24) is 9.97 Å². The number of aromatic nitrogens is 2. The Balaban J connectivity index is 2.56. The van der Waals surface area contributed by atoms with Gasteiger partial charge in [-0.15, -0.1) is 0 Å². The van der Waals surface area contributed by atoms with Crippen LogP contribution in [-0.4, -0.2) is 45.4 Å². The Bertz CT molecular complexity index is 358. The van der Waals surface area contributed by atoms with Crippen molar-refractivity contribution in [2.24, 2.45) is 0 Å². The van der Waals surface area contributed by atoms with Crippen LogP contribution >= 0.6 is 0 Å². The number of aliphatic hydroxyl groups excluding tert-OH is 2. The van der Waals surface area contributed by atoms with E-state index in [0.717, 1.165) is 0 Å². The lowest BCUT2D eigenvalue weighted by Gasteiger charge is -2.09. The number of hydrogen-bond acceptors (Lipinski definition) is 6. The Morgan fingerprint density at radius 2 is 2.38 bits per heavy atom. The summed E-state index contributed by atoms with van der Waals surface area (Å²) in [5, 5.41) is 20.1. The SMILES string of the molecule is CC(=O)Nc1cc(OCC(O)CO)ncn1. The third-order valence-corrected chi connectivity index (χ3v) is 1.58. The van der Waals surface area contributed by atoms with Crippen LogP contribution in [0.1, 0.15) is 6.92 Å². The molecule has 3 N–H and O–H groups in total. The van der Waals surface area contributed by atoms with Crippen LogP contribution in [0.3, 0.4) is 0 Å². The molecular weight excluding hydrogens is 214 g/mol. The number of carbonyl (C=O) groups is 1. The van der Waals surface area contributed by atoms with E-state index in [1.54, 1.807) is 0 Å². The first-order valence-corrected chi connectivity index (χ1v) is 4.63. The maximum absolute atomic E-state index is 10.8. The van der Waals surface area contributed by atoms with Crippen molar-refractivity contribution in [3.05, 3.63) is 12.4 Å². The summed E-state index contributed by atoms with van der Waals surface area (Å²) in [7, 11) is 0. The van der Waals surface area contributed by atoms with Gasteiger partial charge in [-0.3, -0.25) is 4.79 Å². The summed E-state index contributed by atoms with van der Waals surface area (Å²) in [6.07, 6.45) is 0.269. The van der Waals surface area contributed by atoms with E-state index in [9.17, 15) is 4.79 Å². The molecule has 0 spiro atoms. The Hall–Kier alpha value is -1.73. The van der Waals surface area contributed by atoms with Crippen LogP contribution in [0.2, 0.25) is 0 Å². The fourth-order valence-electron chi connectivity index (χ4n) is 0.901. The second-order valence-electron chi connectivity index (χ2n) is 3.07. The second-order valence-corrected chi connectivity index (χ2v) is 3.07. The van der Waals surface area contributed by atoms with Crippen LogP contribution in [0.5, 0.6) is 5.88 Å². The first-order valence-electron chi connectivity index (χ1n) is 4.63. The summed E-state index contributed by atoms with van der Waals surface area (Å²) < 4.78 is 5.07. The molecule has 88 valence electrons. The number of amides is 1. The summed E-state index contributed by atoms with van der Waals surface area (Å²) in [6, 6.07) is 1.42. The van der Waals surface area contributed by atoms with E-state index in [2.05, 4.69) is 15.3 Å². The van der Waals surface area contributed by atoms with Crippen molar-refractivity contribution in [2.75, 3.05) is 18.5 Å². The molecule has 1 aromatic rings. The van der Waals surface area contributed by atoms with Gasteiger partial charge < -0.3 is 20.3 Å². The first-order chi connectivity index (χ1) is 7.61. The zero-order valence-corrected chi connectivity index (χ0v) is 8.75. The van der Waals surface area contributed by atoms with E-state index >= 15 is 0 Å². The zero-order chi connectivity index (χ0) is 12.0. The Morgan fingerprint density at radius 3 is 3.00 bits per heavy atom. The average Bonchev–Trinajstić information content (AvgIpc) is 2.25. The van der Waals surface area contributed by atoms with Crippen LogP contribution in [-0.2, 0) is 4.79 Å². The van der Waals surface area contributed by atoms with Crippen molar-refractivity contribution in [3.8, 4) is 5.88 Å².